The molecule has 4 nitrogen and oxygen atoms in total. The van der Waals surface area contributed by atoms with Crippen molar-refractivity contribution in [1.82, 2.24) is 4.90 Å². The molecule has 0 spiro atoms. The quantitative estimate of drug-likeness (QED) is 0.714. The first-order valence-corrected chi connectivity index (χ1v) is 9.71. The van der Waals surface area contributed by atoms with E-state index in [1.807, 2.05) is 13.8 Å². The van der Waals surface area contributed by atoms with Gasteiger partial charge in [-0.1, -0.05) is 27.7 Å². The Balaban J connectivity index is 2.22. The number of amides is 1. The summed E-state index contributed by atoms with van der Waals surface area (Å²) in [5.41, 5.74) is 0.388. The smallest absolute Gasteiger partial charge is 0.329 e. The van der Waals surface area contributed by atoms with Gasteiger partial charge in [0, 0.05) is 11.3 Å². The lowest BCUT2D eigenvalue weighted by atomic mass is 10.1. The van der Waals surface area contributed by atoms with Crippen LogP contribution in [0.4, 0.5) is 4.39 Å². The highest BCUT2D eigenvalue weighted by atomic mass is 32.2. The second-order valence-electron chi connectivity index (χ2n) is 7.18. The topological polar surface area (TPSA) is 46.6 Å². The van der Waals surface area contributed by atoms with E-state index in [-0.39, 0.29) is 29.0 Å². The van der Waals surface area contributed by atoms with Crippen molar-refractivity contribution in [3.05, 3.63) is 35.6 Å². The second kappa shape index (κ2) is 8.70. The molecule has 0 radical (unpaired) electrons. The molecule has 0 aliphatic carbocycles. The lowest BCUT2D eigenvalue weighted by molar-refractivity contribution is -0.149. The van der Waals surface area contributed by atoms with Crippen LogP contribution in [-0.4, -0.2) is 40.6 Å². The van der Waals surface area contributed by atoms with Gasteiger partial charge in [-0.05, 0) is 42.5 Å². The normalized spacial score (nSPS) is 20.4. The van der Waals surface area contributed by atoms with Crippen LogP contribution in [-0.2, 0) is 9.53 Å². The van der Waals surface area contributed by atoms with Gasteiger partial charge in [-0.2, -0.15) is 0 Å². The zero-order chi connectivity index (χ0) is 18.6. The molecule has 0 aromatic heterocycles. The van der Waals surface area contributed by atoms with Gasteiger partial charge >= 0.3 is 5.97 Å². The Kier molecular flexibility index (Phi) is 6.87. The Hall–Kier alpha value is -1.56. The average Bonchev–Trinajstić information content (AvgIpc) is 2.95. The molecule has 2 rings (SSSR count). The number of ether oxygens (including phenoxy) is 1. The number of hydrogen-bond donors (Lipinski definition) is 0. The molecule has 2 unspecified atom stereocenters. The fourth-order valence-electron chi connectivity index (χ4n) is 2.69. The number of halogens is 1. The van der Waals surface area contributed by atoms with Crippen LogP contribution in [0.2, 0.25) is 0 Å². The Morgan fingerprint density at radius 3 is 2.40 bits per heavy atom. The highest BCUT2D eigenvalue weighted by molar-refractivity contribution is 8.00. The predicted molar refractivity (Wildman–Crippen MR) is 97.9 cm³/mol. The maximum Gasteiger partial charge on any atom is 0.329 e. The molecule has 0 saturated carbocycles. The molecule has 1 fully saturated rings. The first-order valence-electron chi connectivity index (χ1n) is 8.66. The van der Waals surface area contributed by atoms with Gasteiger partial charge in [-0.15, -0.1) is 11.8 Å². The van der Waals surface area contributed by atoms with Crippen molar-refractivity contribution in [3.63, 3.8) is 0 Å². The van der Waals surface area contributed by atoms with Gasteiger partial charge in [0.05, 0.1) is 12.0 Å². The molecule has 1 aliphatic rings. The third kappa shape index (κ3) is 5.21. The largest absolute Gasteiger partial charge is 0.464 e. The zero-order valence-corrected chi connectivity index (χ0v) is 16.0. The van der Waals surface area contributed by atoms with Crippen molar-refractivity contribution >= 4 is 23.6 Å². The molecule has 1 aliphatic heterocycles. The monoisotopic (exact) mass is 367 g/mol. The number of rotatable bonds is 6. The number of benzene rings is 1. The van der Waals surface area contributed by atoms with E-state index < -0.39 is 6.04 Å². The standard InChI is InChI=1S/C19H26FNO3S/c1-12(2)9-17-21(18(22)14-5-7-15(20)8-6-14)16(11-25-17)19(23)24-10-13(3)4/h5-8,12-13,16-17H,9-11H2,1-4H3. The Bertz CT molecular complexity index is 603. The molecule has 1 amide bonds. The lowest BCUT2D eigenvalue weighted by Gasteiger charge is -2.29. The van der Waals surface area contributed by atoms with Crippen LogP contribution in [0.15, 0.2) is 24.3 Å². The minimum absolute atomic E-state index is 0.0749. The summed E-state index contributed by atoms with van der Waals surface area (Å²) >= 11 is 1.61. The van der Waals surface area contributed by atoms with Gasteiger partial charge in [0.2, 0.25) is 0 Å². The summed E-state index contributed by atoms with van der Waals surface area (Å²) < 4.78 is 18.5. The van der Waals surface area contributed by atoms with E-state index in [9.17, 15) is 14.0 Å². The Morgan fingerprint density at radius 2 is 1.84 bits per heavy atom. The summed E-state index contributed by atoms with van der Waals surface area (Å²) in [6.07, 6.45) is 0.797. The van der Waals surface area contributed by atoms with Crippen LogP contribution in [0.25, 0.3) is 0 Å². The number of thioether (sulfide) groups is 1. The van der Waals surface area contributed by atoms with E-state index in [2.05, 4.69) is 13.8 Å². The number of nitrogens with zero attached hydrogens (tertiary/aromatic N) is 1. The van der Waals surface area contributed by atoms with Crippen LogP contribution >= 0.6 is 11.8 Å². The summed E-state index contributed by atoms with van der Waals surface area (Å²) in [6, 6.07) is 4.86. The van der Waals surface area contributed by atoms with E-state index in [0.717, 1.165) is 6.42 Å². The molecule has 6 heteroatoms. The van der Waals surface area contributed by atoms with E-state index in [1.165, 1.54) is 24.3 Å². The molecule has 1 heterocycles. The molecule has 25 heavy (non-hydrogen) atoms. The van der Waals surface area contributed by atoms with Crippen molar-refractivity contribution < 1.29 is 18.7 Å². The van der Waals surface area contributed by atoms with Gasteiger partial charge in [0.15, 0.2) is 0 Å². The van der Waals surface area contributed by atoms with Gasteiger partial charge in [-0.25, -0.2) is 9.18 Å². The van der Waals surface area contributed by atoms with Crippen LogP contribution in [0, 0.1) is 17.7 Å². The third-order valence-corrected chi connectivity index (χ3v) is 5.23. The molecular weight excluding hydrogens is 341 g/mol. The van der Waals surface area contributed by atoms with Gasteiger partial charge in [0.25, 0.3) is 5.91 Å². The van der Waals surface area contributed by atoms with Crippen LogP contribution < -0.4 is 0 Å². The first-order chi connectivity index (χ1) is 11.8. The number of carbonyl (C=O) groups is 2. The van der Waals surface area contributed by atoms with E-state index >= 15 is 0 Å². The molecule has 138 valence electrons. The van der Waals surface area contributed by atoms with Crippen molar-refractivity contribution in [2.45, 2.75) is 45.5 Å². The van der Waals surface area contributed by atoms with Crippen molar-refractivity contribution in [1.29, 1.82) is 0 Å². The highest BCUT2D eigenvalue weighted by Gasteiger charge is 2.42. The number of esters is 1. The van der Waals surface area contributed by atoms with Crippen LogP contribution in [0.5, 0.6) is 0 Å². The molecule has 0 N–H and O–H groups in total. The highest BCUT2D eigenvalue weighted by Crippen LogP contribution is 2.35. The molecule has 1 saturated heterocycles. The van der Waals surface area contributed by atoms with Gasteiger partial charge < -0.3 is 9.64 Å². The Labute approximate surface area is 153 Å². The molecule has 1 aromatic rings. The average molecular weight is 367 g/mol. The molecule has 0 bridgehead atoms. The predicted octanol–water partition coefficient (Wildman–Crippen LogP) is 3.95. The summed E-state index contributed by atoms with van der Waals surface area (Å²) in [4.78, 5) is 27.1. The zero-order valence-electron chi connectivity index (χ0n) is 15.2. The fraction of sp³-hybridized carbons (Fsp3) is 0.579. The minimum Gasteiger partial charge on any atom is -0.464 e. The number of carbonyl (C=O) groups excluding carboxylic acids is 2. The second-order valence-corrected chi connectivity index (χ2v) is 8.39. The van der Waals surface area contributed by atoms with E-state index in [1.54, 1.807) is 16.7 Å². The summed E-state index contributed by atoms with van der Waals surface area (Å²) in [6.45, 7) is 8.46. The first kappa shape index (κ1) is 19.8. The van der Waals surface area contributed by atoms with Crippen LogP contribution in [0.3, 0.4) is 0 Å². The molecule has 2 atom stereocenters. The minimum atomic E-state index is -0.593. The fourth-order valence-corrected chi connectivity index (χ4v) is 4.31. The summed E-state index contributed by atoms with van der Waals surface area (Å²) in [7, 11) is 0. The van der Waals surface area contributed by atoms with Crippen molar-refractivity contribution in [2.24, 2.45) is 11.8 Å². The van der Waals surface area contributed by atoms with Crippen LogP contribution in [0.1, 0.15) is 44.5 Å². The van der Waals surface area contributed by atoms with E-state index in [4.69, 9.17) is 4.74 Å². The van der Waals surface area contributed by atoms with Crippen molar-refractivity contribution in [3.8, 4) is 0 Å². The SMILES string of the molecule is CC(C)COC(=O)C1CSC(CC(C)C)N1C(=O)c1ccc(F)cc1. The van der Waals surface area contributed by atoms with Gasteiger partial charge in [-0.3, -0.25) is 4.79 Å². The van der Waals surface area contributed by atoms with Gasteiger partial charge in [0.1, 0.15) is 11.9 Å². The maximum absolute atomic E-state index is 13.2. The van der Waals surface area contributed by atoms with E-state index in [0.29, 0.717) is 23.8 Å². The summed E-state index contributed by atoms with van der Waals surface area (Å²) in [5, 5.41) is -0.0749. The molecule has 1 aromatic carbocycles. The number of hydrogen-bond acceptors (Lipinski definition) is 4. The Morgan fingerprint density at radius 1 is 1.20 bits per heavy atom. The third-order valence-electron chi connectivity index (χ3n) is 3.92. The molecular formula is C19H26FNO3S. The maximum atomic E-state index is 13.2. The van der Waals surface area contributed by atoms with Crippen molar-refractivity contribution in [2.75, 3.05) is 12.4 Å². The lowest BCUT2D eigenvalue weighted by Crippen LogP contribution is -2.46. The summed E-state index contributed by atoms with van der Waals surface area (Å²) in [5.74, 6) is 0.169.